The number of carbonyl (C=O) groups excluding carboxylic acids is 1. The van der Waals surface area contributed by atoms with E-state index < -0.39 is 0 Å². The Bertz CT molecular complexity index is 564. The molecule has 1 aliphatic heterocycles. The standard InChI is InChI=1S/C11H14N6O2/c1-8-10(14-19-13-8)11(18)17-5-2-3-9(17)7-16-6-4-12-15-16/h4,6,9H,2-3,5,7H2,1H3/t9-/m0/s1. The van der Waals surface area contributed by atoms with Crippen LogP contribution in [0.4, 0.5) is 0 Å². The molecule has 3 heterocycles. The first-order chi connectivity index (χ1) is 9.25. The molecule has 1 amide bonds. The maximum Gasteiger partial charge on any atom is 0.278 e. The summed E-state index contributed by atoms with van der Waals surface area (Å²) < 4.78 is 6.33. The average Bonchev–Trinajstić information content (AvgIpc) is 3.10. The van der Waals surface area contributed by atoms with Gasteiger partial charge in [0.2, 0.25) is 0 Å². The Morgan fingerprint density at radius 2 is 2.42 bits per heavy atom. The molecular formula is C11H14N6O2. The Kier molecular flexibility index (Phi) is 2.98. The third kappa shape index (κ3) is 2.20. The molecule has 0 bridgehead atoms. The lowest BCUT2D eigenvalue weighted by molar-refractivity contribution is 0.0709. The van der Waals surface area contributed by atoms with E-state index in [0.717, 1.165) is 19.4 Å². The lowest BCUT2D eigenvalue weighted by Crippen LogP contribution is -2.38. The molecule has 0 spiro atoms. The van der Waals surface area contributed by atoms with Crippen molar-refractivity contribution in [2.45, 2.75) is 32.4 Å². The van der Waals surface area contributed by atoms with E-state index in [-0.39, 0.29) is 11.9 Å². The van der Waals surface area contributed by atoms with Crippen molar-refractivity contribution in [3.63, 3.8) is 0 Å². The molecule has 3 rings (SSSR count). The van der Waals surface area contributed by atoms with Crippen molar-refractivity contribution in [1.29, 1.82) is 0 Å². The summed E-state index contributed by atoms with van der Waals surface area (Å²) >= 11 is 0. The van der Waals surface area contributed by atoms with Crippen LogP contribution in [-0.4, -0.2) is 48.7 Å². The van der Waals surface area contributed by atoms with Crippen LogP contribution < -0.4 is 0 Å². The largest absolute Gasteiger partial charge is 0.332 e. The summed E-state index contributed by atoms with van der Waals surface area (Å²) in [6, 6.07) is 0.116. The molecule has 0 unspecified atom stereocenters. The van der Waals surface area contributed by atoms with Crippen LogP contribution in [0.25, 0.3) is 0 Å². The zero-order chi connectivity index (χ0) is 13.2. The van der Waals surface area contributed by atoms with Crippen LogP contribution in [-0.2, 0) is 6.54 Å². The Morgan fingerprint density at radius 1 is 1.53 bits per heavy atom. The molecule has 2 aromatic heterocycles. The zero-order valence-corrected chi connectivity index (χ0v) is 10.6. The summed E-state index contributed by atoms with van der Waals surface area (Å²) in [6.45, 7) is 3.09. The zero-order valence-electron chi connectivity index (χ0n) is 10.6. The molecule has 0 N–H and O–H groups in total. The van der Waals surface area contributed by atoms with Gasteiger partial charge in [-0.2, -0.15) is 0 Å². The number of hydrogen-bond donors (Lipinski definition) is 0. The molecule has 1 atom stereocenters. The topological polar surface area (TPSA) is 89.9 Å². The van der Waals surface area contributed by atoms with Gasteiger partial charge in [-0.1, -0.05) is 10.4 Å². The molecule has 1 aliphatic rings. The van der Waals surface area contributed by atoms with Crippen molar-refractivity contribution >= 4 is 5.91 Å². The first-order valence-corrected chi connectivity index (χ1v) is 6.20. The number of rotatable bonds is 3. The van der Waals surface area contributed by atoms with Crippen molar-refractivity contribution in [1.82, 2.24) is 30.2 Å². The Balaban J connectivity index is 1.76. The Morgan fingerprint density at radius 3 is 3.11 bits per heavy atom. The van der Waals surface area contributed by atoms with Crippen LogP contribution >= 0.6 is 0 Å². The summed E-state index contributed by atoms with van der Waals surface area (Å²) in [5.41, 5.74) is 0.821. The van der Waals surface area contributed by atoms with Crippen LogP contribution in [0.2, 0.25) is 0 Å². The molecule has 19 heavy (non-hydrogen) atoms. The second kappa shape index (κ2) is 4.79. The van der Waals surface area contributed by atoms with Crippen molar-refractivity contribution in [3.05, 3.63) is 23.8 Å². The minimum atomic E-state index is -0.124. The van der Waals surface area contributed by atoms with Crippen molar-refractivity contribution in [3.8, 4) is 0 Å². The van der Waals surface area contributed by atoms with Gasteiger partial charge in [-0.05, 0) is 24.9 Å². The summed E-state index contributed by atoms with van der Waals surface area (Å²) in [6.07, 6.45) is 5.36. The minimum Gasteiger partial charge on any atom is -0.332 e. The molecule has 2 aromatic rings. The van der Waals surface area contributed by atoms with Gasteiger partial charge in [0.05, 0.1) is 18.8 Å². The predicted octanol–water partition coefficient (Wildman–Crippen LogP) is 0.274. The first kappa shape index (κ1) is 11.8. The second-order valence-corrected chi connectivity index (χ2v) is 4.62. The van der Waals surface area contributed by atoms with Gasteiger partial charge in [-0.3, -0.25) is 9.48 Å². The molecule has 0 radical (unpaired) electrons. The summed E-state index contributed by atoms with van der Waals surface area (Å²) in [5, 5.41) is 15.0. The van der Waals surface area contributed by atoms with Gasteiger partial charge in [-0.15, -0.1) is 5.10 Å². The summed E-state index contributed by atoms with van der Waals surface area (Å²) in [5.74, 6) is -0.124. The first-order valence-electron chi connectivity index (χ1n) is 6.20. The molecule has 0 aromatic carbocycles. The summed E-state index contributed by atoms with van der Waals surface area (Å²) in [4.78, 5) is 14.2. The highest BCUT2D eigenvalue weighted by Gasteiger charge is 2.32. The Hall–Kier alpha value is -2.25. The lowest BCUT2D eigenvalue weighted by Gasteiger charge is -2.23. The average molecular weight is 262 g/mol. The second-order valence-electron chi connectivity index (χ2n) is 4.62. The minimum absolute atomic E-state index is 0.116. The van der Waals surface area contributed by atoms with E-state index in [0.29, 0.717) is 17.9 Å². The van der Waals surface area contributed by atoms with Crippen LogP contribution in [0.3, 0.4) is 0 Å². The quantitative estimate of drug-likeness (QED) is 0.789. The van der Waals surface area contributed by atoms with Crippen LogP contribution in [0.15, 0.2) is 17.0 Å². The fourth-order valence-electron chi connectivity index (χ4n) is 2.40. The van der Waals surface area contributed by atoms with Gasteiger partial charge in [0.25, 0.3) is 5.91 Å². The predicted molar refractivity (Wildman–Crippen MR) is 63.1 cm³/mol. The number of nitrogens with zero attached hydrogens (tertiary/aromatic N) is 6. The van der Waals surface area contributed by atoms with Gasteiger partial charge in [0.1, 0.15) is 5.69 Å². The van der Waals surface area contributed by atoms with Crippen LogP contribution in [0, 0.1) is 6.92 Å². The van der Waals surface area contributed by atoms with Gasteiger partial charge >= 0.3 is 0 Å². The van der Waals surface area contributed by atoms with Crippen LogP contribution in [0.1, 0.15) is 29.0 Å². The smallest absolute Gasteiger partial charge is 0.278 e. The number of carbonyl (C=O) groups is 1. The van der Waals surface area contributed by atoms with Crippen molar-refractivity contribution < 1.29 is 9.42 Å². The summed E-state index contributed by atoms with van der Waals surface area (Å²) in [7, 11) is 0. The lowest BCUT2D eigenvalue weighted by atomic mass is 10.2. The van der Waals surface area contributed by atoms with Gasteiger partial charge in [0.15, 0.2) is 5.69 Å². The van der Waals surface area contributed by atoms with Crippen LogP contribution in [0.5, 0.6) is 0 Å². The van der Waals surface area contributed by atoms with E-state index in [1.807, 2.05) is 4.90 Å². The number of aryl methyl sites for hydroxylation is 1. The highest BCUT2D eigenvalue weighted by atomic mass is 16.6. The van der Waals surface area contributed by atoms with E-state index in [4.69, 9.17) is 0 Å². The van der Waals surface area contributed by atoms with E-state index in [1.165, 1.54) is 0 Å². The molecule has 1 fully saturated rings. The molecule has 8 nitrogen and oxygen atoms in total. The van der Waals surface area contributed by atoms with E-state index in [9.17, 15) is 4.79 Å². The highest BCUT2D eigenvalue weighted by Crippen LogP contribution is 2.21. The molecule has 100 valence electrons. The normalized spacial score (nSPS) is 19.0. The van der Waals surface area contributed by atoms with Gasteiger partial charge < -0.3 is 4.90 Å². The monoisotopic (exact) mass is 262 g/mol. The third-order valence-electron chi connectivity index (χ3n) is 3.36. The molecular weight excluding hydrogens is 248 g/mol. The number of hydrogen-bond acceptors (Lipinski definition) is 6. The van der Waals surface area contributed by atoms with E-state index in [1.54, 1.807) is 24.0 Å². The van der Waals surface area contributed by atoms with Crippen molar-refractivity contribution in [2.24, 2.45) is 0 Å². The third-order valence-corrected chi connectivity index (χ3v) is 3.36. The molecule has 1 saturated heterocycles. The maximum absolute atomic E-state index is 12.4. The number of aromatic nitrogens is 5. The fourth-order valence-corrected chi connectivity index (χ4v) is 2.40. The molecule has 0 aliphatic carbocycles. The highest BCUT2D eigenvalue weighted by molar-refractivity contribution is 5.93. The Labute approximate surface area is 109 Å². The van der Waals surface area contributed by atoms with E-state index >= 15 is 0 Å². The van der Waals surface area contributed by atoms with Crippen molar-refractivity contribution in [2.75, 3.05) is 6.54 Å². The van der Waals surface area contributed by atoms with Gasteiger partial charge in [-0.25, -0.2) is 4.63 Å². The SMILES string of the molecule is Cc1nonc1C(=O)N1CCC[C@H]1Cn1ccnn1. The maximum atomic E-state index is 12.4. The van der Waals surface area contributed by atoms with E-state index in [2.05, 4.69) is 25.3 Å². The fraction of sp³-hybridized carbons (Fsp3) is 0.545. The van der Waals surface area contributed by atoms with Gasteiger partial charge in [0, 0.05) is 12.7 Å². The number of likely N-dealkylation sites (tertiary alicyclic amines) is 1. The molecule has 0 saturated carbocycles. The number of amides is 1. The molecule has 8 heteroatoms.